The predicted molar refractivity (Wildman–Crippen MR) is 95.4 cm³/mol. The first-order chi connectivity index (χ1) is 12.2. The molecule has 4 N–H and O–H groups in total. The number of nitrogens with one attached hydrogen (secondary N) is 2. The van der Waals surface area contributed by atoms with Gasteiger partial charge in [-0.3, -0.25) is 14.9 Å². The highest BCUT2D eigenvalue weighted by atomic mass is 16.1. The quantitative estimate of drug-likeness (QED) is 0.703. The second-order valence-electron chi connectivity index (χ2n) is 5.87. The topological polar surface area (TPSA) is 120 Å². The number of nitrogens with two attached hydrogens (primary N) is 1. The Labute approximate surface area is 145 Å². The third kappa shape index (κ3) is 4.54. The Morgan fingerprint density at radius 1 is 1.48 bits per heavy atom. The molecule has 25 heavy (non-hydrogen) atoms. The standard InChI is InChI=1S/C18H18N6O/c19-9-12-2-1-3-15(6-12)21-11-13(10-20)7-18(25)22-17-8-16(23-24-17)14-4-5-14/h1-3,6,8,10-11,14H,4-5,7,20H2,(H2,22,23,24,25)/b13-10-,21-11?. The van der Waals surface area contributed by atoms with Crippen LogP contribution in [-0.2, 0) is 4.79 Å². The van der Waals surface area contributed by atoms with Crippen LogP contribution in [0.1, 0.15) is 36.4 Å². The molecule has 0 atom stereocenters. The van der Waals surface area contributed by atoms with Gasteiger partial charge in [0.25, 0.3) is 0 Å². The van der Waals surface area contributed by atoms with Gasteiger partial charge in [-0.1, -0.05) is 6.07 Å². The number of benzene rings is 1. The number of nitrogens with zero attached hydrogens (tertiary/aromatic N) is 3. The van der Waals surface area contributed by atoms with Gasteiger partial charge < -0.3 is 11.1 Å². The van der Waals surface area contributed by atoms with Gasteiger partial charge >= 0.3 is 0 Å². The first kappa shape index (κ1) is 16.5. The number of aromatic nitrogens is 2. The zero-order valence-electron chi connectivity index (χ0n) is 13.6. The van der Waals surface area contributed by atoms with Crippen LogP contribution < -0.4 is 11.1 Å². The summed E-state index contributed by atoms with van der Waals surface area (Å²) in [4.78, 5) is 16.4. The van der Waals surface area contributed by atoms with Crippen molar-refractivity contribution in [2.45, 2.75) is 25.2 Å². The van der Waals surface area contributed by atoms with Crippen LogP contribution in [-0.4, -0.2) is 22.3 Å². The molecule has 0 saturated heterocycles. The minimum atomic E-state index is -0.220. The van der Waals surface area contributed by atoms with Crippen molar-refractivity contribution in [2.24, 2.45) is 10.7 Å². The number of amides is 1. The lowest BCUT2D eigenvalue weighted by Crippen LogP contribution is -2.13. The van der Waals surface area contributed by atoms with Gasteiger partial charge in [-0.25, -0.2) is 0 Å². The average molecular weight is 334 g/mol. The maximum atomic E-state index is 12.1. The smallest absolute Gasteiger partial charge is 0.230 e. The van der Waals surface area contributed by atoms with Crippen LogP contribution in [0.4, 0.5) is 11.5 Å². The molecule has 1 amide bonds. The number of carbonyl (C=O) groups excluding carboxylic acids is 1. The van der Waals surface area contributed by atoms with Crippen molar-refractivity contribution in [3.8, 4) is 6.07 Å². The summed E-state index contributed by atoms with van der Waals surface area (Å²) >= 11 is 0. The number of aliphatic imine (C=N–C) groups is 1. The van der Waals surface area contributed by atoms with E-state index in [1.807, 2.05) is 6.07 Å². The lowest BCUT2D eigenvalue weighted by Gasteiger charge is -2.02. The molecule has 2 aromatic rings. The van der Waals surface area contributed by atoms with Crippen LogP contribution in [0.3, 0.4) is 0 Å². The van der Waals surface area contributed by atoms with Gasteiger partial charge in [0.2, 0.25) is 5.91 Å². The third-order valence-corrected chi connectivity index (χ3v) is 3.82. The molecular weight excluding hydrogens is 316 g/mol. The van der Waals surface area contributed by atoms with E-state index in [0.29, 0.717) is 28.6 Å². The molecule has 1 fully saturated rings. The zero-order valence-corrected chi connectivity index (χ0v) is 13.6. The Balaban J connectivity index is 1.58. The summed E-state index contributed by atoms with van der Waals surface area (Å²) < 4.78 is 0. The van der Waals surface area contributed by atoms with E-state index in [9.17, 15) is 4.79 Å². The number of rotatable bonds is 6. The fourth-order valence-corrected chi connectivity index (χ4v) is 2.34. The molecule has 1 aliphatic rings. The monoisotopic (exact) mass is 334 g/mol. The lowest BCUT2D eigenvalue weighted by molar-refractivity contribution is -0.115. The highest BCUT2D eigenvalue weighted by Gasteiger charge is 2.25. The molecule has 0 spiro atoms. The van der Waals surface area contributed by atoms with Crippen molar-refractivity contribution in [1.82, 2.24) is 10.2 Å². The molecule has 7 heteroatoms. The first-order valence-corrected chi connectivity index (χ1v) is 7.98. The van der Waals surface area contributed by atoms with Gasteiger partial charge in [0, 0.05) is 23.9 Å². The number of carbonyl (C=O) groups is 1. The molecule has 1 aromatic heterocycles. The van der Waals surface area contributed by atoms with E-state index < -0.39 is 0 Å². The minimum Gasteiger partial charge on any atom is -0.404 e. The van der Waals surface area contributed by atoms with E-state index in [1.54, 1.807) is 24.3 Å². The predicted octanol–water partition coefficient (Wildman–Crippen LogP) is 2.73. The van der Waals surface area contributed by atoms with Crippen molar-refractivity contribution >= 4 is 23.6 Å². The Hall–Kier alpha value is -3.40. The van der Waals surface area contributed by atoms with E-state index in [1.165, 1.54) is 25.3 Å². The first-order valence-electron chi connectivity index (χ1n) is 7.98. The van der Waals surface area contributed by atoms with Crippen LogP contribution in [0.5, 0.6) is 0 Å². The highest BCUT2D eigenvalue weighted by Crippen LogP contribution is 2.39. The normalized spacial score (nSPS) is 14.4. The fourth-order valence-electron chi connectivity index (χ4n) is 2.34. The third-order valence-electron chi connectivity index (χ3n) is 3.82. The molecule has 0 unspecified atom stereocenters. The van der Waals surface area contributed by atoms with Crippen LogP contribution >= 0.6 is 0 Å². The van der Waals surface area contributed by atoms with E-state index >= 15 is 0 Å². The maximum Gasteiger partial charge on any atom is 0.230 e. The van der Waals surface area contributed by atoms with Gasteiger partial charge in [-0.2, -0.15) is 10.4 Å². The van der Waals surface area contributed by atoms with Gasteiger partial charge in [-0.05, 0) is 42.8 Å². The Kier molecular flexibility index (Phi) is 4.90. The Bertz CT molecular complexity index is 870. The second-order valence-corrected chi connectivity index (χ2v) is 5.87. The summed E-state index contributed by atoms with van der Waals surface area (Å²) in [6, 6.07) is 10.8. The summed E-state index contributed by atoms with van der Waals surface area (Å²) in [5, 5.41) is 18.7. The Morgan fingerprint density at radius 3 is 3.04 bits per heavy atom. The van der Waals surface area contributed by atoms with Crippen LogP contribution in [0.2, 0.25) is 0 Å². The number of nitriles is 1. The minimum absolute atomic E-state index is 0.0869. The molecule has 3 rings (SSSR count). The molecule has 0 radical (unpaired) electrons. The van der Waals surface area contributed by atoms with Crippen LogP contribution in [0.25, 0.3) is 0 Å². The summed E-state index contributed by atoms with van der Waals surface area (Å²) in [6.45, 7) is 0. The molecule has 1 aromatic carbocycles. The largest absolute Gasteiger partial charge is 0.404 e. The number of H-pyrrole nitrogens is 1. The SMILES string of the molecule is N#Cc1cccc(N=C/C(=C\N)CC(=O)Nc2cc(C3CC3)[nH]n2)c1. The van der Waals surface area contributed by atoms with E-state index in [2.05, 4.69) is 26.6 Å². The number of aromatic amines is 1. The van der Waals surface area contributed by atoms with E-state index in [0.717, 1.165) is 5.69 Å². The molecule has 1 saturated carbocycles. The van der Waals surface area contributed by atoms with Crippen molar-refractivity contribution < 1.29 is 4.79 Å². The second kappa shape index (κ2) is 7.45. The summed E-state index contributed by atoms with van der Waals surface area (Å²) in [5.41, 5.74) is 8.35. The summed E-state index contributed by atoms with van der Waals surface area (Å²) in [5.74, 6) is 0.846. The maximum absolute atomic E-state index is 12.1. The lowest BCUT2D eigenvalue weighted by atomic mass is 10.2. The van der Waals surface area contributed by atoms with Crippen molar-refractivity contribution in [2.75, 3.05) is 5.32 Å². The average Bonchev–Trinajstić information content (AvgIpc) is 3.38. The Morgan fingerprint density at radius 2 is 2.32 bits per heavy atom. The van der Waals surface area contributed by atoms with Crippen LogP contribution in [0.15, 0.2) is 47.1 Å². The molecule has 1 aliphatic carbocycles. The fraction of sp³-hybridized carbons (Fsp3) is 0.222. The summed E-state index contributed by atoms with van der Waals surface area (Å²) in [6.07, 6.45) is 5.29. The summed E-state index contributed by atoms with van der Waals surface area (Å²) in [7, 11) is 0. The molecule has 126 valence electrons. The molecule has 7 nitrogen and oxygen atoms in total. The van der Waals surface area contributed by atoms with Crippen LogP contribution in [0, 0.1) is 11.3 Å². The van der Waals surface area contributed by atoms with E-state index in [-0.39, 0.29) is 12.3 Å². The van der Waals surface area contributed by atoms with Gasteiger partial charge in [0.05, 0.1) is 23.7 Å². The van der Waals surface area contributed by atoms with Crippen molar-refractivity contribution in [3.05, 3.63) is 53.4 Å². The van der Waals surface area contributed by atoms with Crippen molar-refractivity contribution in [3.63, 3.8) is 0 Å². The van der Waals surface area contributed by atoms with Gasteiger partial charge in [0.15, 0.2) is 5.82 Å². The molecule has 1 heterocycles. The number of hydrogen-bond acceptors (Lipinski definition) is 5. The van der Waals surface area contributed by atoms with E-state index in [4.69, 9.17) is 11.0 Å². The zero-order chi connectivity index (χ0) is 17.6. The molecular formula is C18H18N6O. The van der Waals surface area contributed by atoms with Gasteiger partial charge in [-0.15, -0.1) is 0 Å². The highest BCUT2D eigenvalue weighted by molar-refractivity contribution is 5.97. The molecule has 0 aliphatic heterocycles. The number of hydrogen-bond donors (Lipinski definition) is 3. The molecule has 0 bridgehead atoms. The van der Waals surface area contributed by atoms with Crippen molar-refractivity contribution in [1.29, 1.82) is 5.26 Å². The van der Waals surface area contributed by atoms with Gasteiger partial charge in [0.1, 0.15) is 0 Å². The number of anilines is 1.